The fourth-order valence-electron chi connectivity index (χ4n) is 2.35. The molecule has 96 valence electrons. The number of rotatable bonds is 1. The highest BCUT2D eigenvalue weighted by Gasteiger charge is 2.35. The van der Waals surface area contributed by atoms with Gasteiger partial charge in [-0.3, -0.25) is 15.0 Å². The van der Waals surface area contributed by atoms with Gasteiger partial charge in [0.15, 0.2) is 0 Å². The van der Waals surface area contributed by atoms with Crippen molar-refractivity contribution in [3.63, 3.8) is 0 Å². The van der Waals surface area contributed by atoms with Crippen LogP contribution >= 0.6 is 0 Å². The van der Waals surface area contributed by atoms with E-state index in [4.69, 9.17) is 5.73 Å². The third-order valence-electron chi connectivity index (χ3n) is 3.19. The highest BCUT2D eigenvalue weighted by molar-refractivity contribution is 5.82. The summed E-state index contributed by atoms with van der Waals surface area (Å²) in [6.45, 7) is 3.42. The number of benzene rings is 1. The molecule has 2 atom stereocenters. The van der Waals surface area contributed by atoms with Crippen LogP contribution in [0.1, 0.15) is 31.9 Å². The maximum atomic E-state index is 11.6. The summed E-state index contributed by atoms with van der Waals surface area (Å²) >= 11 is 0. The molecule has 0 spiro atoms. The summed E-state index contributed by atoms with van der Waals surface area (Å²) in [5.41, 5.74) is 9.94. The number of hydrogen-bond acceptors (Lipinski definition) is 3. The topological polar surface area (TPSA) is 75.4 Å². The first-order chi connectivity index (χ1) is 8.49. The number of nitrogens with one attached hydrogen (secondary N) is 1. The number of nitrogens with zero attached hydrogens (tertiary/aromatic N) is 1. The lowest BCUT2D eigenvalue weighted by molar-refractivity contribution is -0.150. The lowest BCUT2D eigenvalue weighted by Gasteiger charge is -2.39. The number of carbonyl (C=O) groups excluding carboxylic acids is 2. The molecule has 2 rings (SSSR count). The molecule has 1 aliphatic rings. The Morgan fingerprint density at radius 3 is 2.56 bits per heavy atom. The van der Waals surface area contributed by atoms with Crippen molar-refractivity contribution in [2.75, 3.05) is 5.73 Å². The van der Waals surface area contributed by atoms with E-state index in [1.807, 2.05) is 19.1 Å². The number of carbonyl (C=O) groups is 2. The number of hydrazine groups is 1. The Bertz CT molecular complexity index is 470. The third-order valence-corrected chi connectivity index (χ3v) is 3.19. The molecular formula is C13H17N3O2. The Morgan fingerprint density at radius 1 is 1.39 bits per heavy atom. The summed E-state index contributed by atoms with van der Waals surface area (Å²) < 4.78 is 0. The van der Waals surface area contributed by atoms with Crippen molar-refractivity contribution in [2.45, 2.75) is 26.3 Å². The first-order valence-corrected chi connectivity index (χ1v) is 5.93. The van der Waals surface area contributed by atoms with Crippen LogP contribution in [-0.4, -0.2) is 16.8 Å². The van der Waals surface area contributed by atoms with Crippen LogP contribution in [0, 0.1) is 5.92 Å². The van der Waals surface area contributed by atoms with Crippen LogP contribution in [0.5, 0.6) is 0 Å². The van der Waals surface area contributed by atoms with Crippen LogP contribution in [0.2, 0.25) is 0 Å². The van der Waals surface area contributed by atoms with E-state index in [0.29, 0.717) is 12.1 Å². The van der Waals surface area contributed by atoms with E-state index in [0.717, 1.165) is 5.56 Å². The SMILES string of the molecule is CC(=O)N1NC(=O)CC(C)C1c1ccc(N)cc1. The molecule has 0 bridgehead atoms. The second-order valence-electron chi connectivity index (χ2n) is 4.72. The van der Waals surface area contributed by atoms with Crippen LogP contribution in [-0.2, 0) is 9.59 Å². The van der Waals surface area contributed by atoms with Crippen LogP contribution in [0.15, 0.2) is 24.3 Å². The molecule has 2 unspecified atom stereocenters. The zero-order valence-corrected chi connectivity index (χ0v) is 10.5. The number of nitrogen functional groups attached to an aromatic ring is 1. The van der Waals surface area contributed by atoms with Gasteiger partial charge >= 0.3 is 0 Å². The maximum absolute atomic E-state index is 11.6. The Balaban J connectivity index is 2.35. The summed E-state index contributed by atoms with van der Waals surface area (Å²) in [6, 6.07) is 7.25. The number of amides is 2. The van der Waals surface area contributed by atoms with Gasteiger partial charge in [0, 0.05) is 19.0 Å². The van der Waals surface area contributed by atoms with Crippen molar-refractivity contribution in [3.8, 4) is 0 Å². The highest BCUT2D eigenvalue weighted by atomic mass is 16.2. The summed E-state index contributed by atoms with van der Waals surface area (Å²) in [5.74, 6) is -0.215. The van der Waals surface area contributed by atoms with Crippen molar-refractivity contribution >= 4 is 17.5 Å². The minimum atomic E-state index is -0.170. The molecule has 1 aliphatic heterocycles. The van der Waals surface area contributed by atoms with Crippen molar-refractivity contribution in [3.05, 3.63) is 29.8 Å². The van der Waals surface area contributed by atoms with Crippen molar-refractivity contribution in [1.29, 1.82) is 0 Å². The molecule has 18 heavy (non-hydrogen) atoms. The quantitative estimate of drug-likeness (QED) is 0.733. The zero-order chi connectivity index (χ0) is 13.3. The van der Waals surface area contributed by atoms with Gasteiger partial charge in [0.1, 0.15) is 0 Å². The molecule has 1 saturated heterocycles. The van der Waals surface area contributed by atoms with Gasteiger partial charge in [0.2, 0.25) is 11.8 Å². The van der Waals surface area contributed by atoms with Gasteiger partial charge in [-0.1, -0.05) is 19.1 Å². The molecule has 1 fully saturated rings. The van der Waals surface area contributed by atoms with E-state index in [-0.39, 0.29) is 23.8 Å². The van der Waals surface area contributed by atoms with Crippen LogP contribution in [0.3, 0.4) is 0 Å². The largest absolute Gasteiger partial charge is 0.399 e. The van der Waals surface area contributed by atoms with E-state index >= 15 is 0 Å². The Labute approximate surface area is 106 Å². The standard InChI is InChI=1S/C13H17N3O2/c1-8-7-12(18)15-16(9(2)17)13(8)10-3-5-11(14)6-4-10/h3-6,8,13H,7,14H2,1-2H3,(H,15,18). The van der Waals surface area contributed by atoms with Gasteiger partial charge in [-0.2, -0.15) is 0 Å². The van der Waals surface area contributed by atoms with Crippen molar-refractivity contribution in [1.82, 2.24) is 10.4 Å². The third kappa shape index (κ3) is 2.30. The molecular weight excluding hydrogens is 230 g/mol. The average Bonchev–Trinajstić information content (AvgIpc) is 2.29. The van der Waals surface area contributed by atoms with E-state index in [9.17, 15) is 9.59 Å². The van der Waals surface area contributed by atoms with Gasteiger partial charge in [0.25, 0.3) is 0 Å². The van der Waals surface area contributed by atoms with Gasteiger partial charge < -0.3 is 5.73 Å². The van der Waals surface area contributed by atoms with Crippen molar-refractivity contribution in [2.24, 2.45) is 5.92 Å². The van der Waals surface area contributed by atoms with Gasteiger partial charge in [-0.05, 0) is 23.6 Å². The number of anilines is 1. The fraction of sp³-hybridized carbons (Fsp3) is 0.385. The minimum absolute atomic E-state index is 0.0753. The lowest BCUT2D eigenvalue weighted by atomic mass is 9.89. The van der Waals surface area contributed by atoms with E-state index < -0.39 is 0 Å². The Hall–Kier alpha value is -2.04. The molecule has 0 aliphatic carbocycles. The molecule has 1 heterocycles. The molecule has 1 aromatic rings. The van der Waals surface area contributed by atoms with Crippen LogP contribution in [0.4, 0.5) is 5.69 Å². The molecule has 5 heteroatoms. The molecule has 0 saturated carbocycles. The highest BCUT2D eigenvalue weighted by Crippen LogP contribution is 2.33. The average molecular weight is 247 g/mol. The van der Waals surface area contributed by atoms with Crippen molar-refractivity contribution < 1.29 is 9.59 Å². The summed E-state index contributed by atoms with van der Waals surface area (Å²) in [4.78, 5) is 23.1. The van der Waals surface area contributed by atoms with Crippen LogP contribution in [0.25, 0.3) is 0 Å². The predicted molar refractivity (Wildman–Crippen MR) is 68.0 cm³/mol. The lowest BCUT2D eigenvalue weighted by Crippen LogP contribution is -2.53. The van der Waals surface area contributed by atoms with E-state index in [1.54, 1.807) is 12.1 Å². The van der Waals surface area contributed by atoms with Gasteiger partial charge in [-0.15, -0.1) is 0 Å². The molecule has 5 nitrogen and oxygen atoms in total. The second-order valence-corrected chi connectivity index (χ2v) is 4.72. The predicted octanol–water partition coefficient (Wildman–Crippen LogP) is 1.23. The smallest absolute Gasteiger partial charge is 0.238 e. The summed E-state index contributed by atoms with van der Waals surface area (Å²) in [5, 5.41) is 1.40. The Morgan fingerprint density at radius 2 is 2.00 bits per heavy atom. The Kier molecular flexibility index (Phi) is 3.23. The maximum Gasteiger partial charge on any atom is 0.238 e. The molecule has 0 radical (unpaired) electrons. The summed E-state index contributed by atoms with van der Waals surface area (Å²) in [7, 11) is 0. The molecule has 3 N–H and O–H groups in total. The first kappa shape index (κ1) is 12.4. The number of nitrogens with two attached hydrogens (primary N) is 1. The van der Waals surface area contributed by atoms with Gasteiger partial charge in [-0.25, -0.2) is 5.01 Å². The monoisotopic (exact) mass is 247 g/mol. The molecule has 1 aromatic carbocycles. The van der Waals surface area contributed by atoms with Crippen LogP contribution < -0.4 is 11.2 Å². The molecule has 2 amide bonds. The van der Waals surface area contributed by atoms with E-state index in [2.05, 4.69) is 5.43 Å². The number of hydrogen-bond donors (Lipinski definition) is 2. The van der Waals surface area contributed by atoms with Gasteiger partial charge in [0.05, 0.1) is 6.04 Å². The summed E-state index contributed by atoms with van der Waals surface area (Å²) in [6.07, 6.45) is 0.415. The second kappa shape index (κ2) is 4.68. The molecule has 0 aromatic heterocycles. The zero-order valence-electron chi connectivity index (χ0n) is 10.5. The normalized spacial score (nSPS) is 23.7. The minimum Gasteiger partial charge on any atom is -0.399 e. The van der Waals surface area contributed by atoms with E-state index in [1.165, 1.54) is 11.9 Å². The first-order valence-electron chi connectivity index (χ1n) is 5.93. The fourth-order valence-corrected chi connectivity index (χ4v) is 2.35.